The summed E-state index contributed by atoms with van der Waals surface area (Å²) in [4.78, 5) is 10.2. The second-order valence-electron chi connectivity index (χ2n) is 6.00. The van der Waals surface area contributed by atoms with Gasteiger partial charge in [0.1, 0.15) is 6.61 Å². The number of benzene rings is 3. The maximum Gasteiger partial charge on any atom is 0.269 e. The summed E-state index contributed by atoms with van der Waals surface area (Å²) in [5.41, 5.74) is 5.37. The van der Waals surface area contributed by atoms with Crippen LogP contribution < -0.4 is 14.9 Å². The van der Waals surface area contributed by atoms with Crippen LogP contribution in [0.5, 0.6) is 11.5 Å². The van der Waals surface area contributed by atoms with E-state index in [1.807, 2.05) is 42.5 Å². The van der Waals surface area contributed by atoms with E-state index in [0.29, 0.717) is 23.8 Å². The molecule has 0 amide bonds. The predicted octanol–water partition coefficient (Wildman–Crippen LogP) is 5.39. The average molecular weight is 456 g/mol. The average Bonchev–Trinajstić information content (AvgIpc) is 2.74. The quantitative estimate of drug-likeness (QED) is 0.279. The van der Waals surface area contributed by atoms with Crippen molar-refractivity contribution in [2.24, 2.45) is 5.10 Å². The van der Waals surface area contributed by atoms with Gasteiger partial charge in [0.2, 0.25) is 0 Å². The SMILES string of the molecule is COc1cc(/C=N\Nc2ccc([N+](=O)[O-])cc2)ccc1OCc1ccc(Br)cc1. The molecule has 0 atom stereocenters. The Balaban J connectivity index is 1.62. The molecule has 7 nitrogen and oxygen atoms in total. The summed E-state index contributed by atoms with van der Waals surface area (Å²) in [7, 11) is 1.58. The van der Waals surface area contributed by atoms with Gasteiger partial charge in [0.25, 0.3) is 5.69 Å². The molecule has 8 heteroatoms. The van der Waals surface area contributed by atoms with Gasteiger partial charge in [0.15, 0.2) is 11.5 Å². The molecule has 0 aliphatic heterocycles. The lowest BCUT2D eigenvalue weighted by atomic mass is 10.2. The van der Waals surface area contributed by atoms with E-state index in [1.165, 1.54) is 12.1 Å². The molecule has 0 aliphatic carbocycles. The van der Waals surface area contributed by atoms with E-state index < -0.39 is 4.92 Å². The van der Waals surface area contributed by atoms with Gasteiger partial charge in [-0.25, -0.2) is 0 Å². The Labute approximate surface area is 176 Å². The summed E-state index contributed by atoms with van der Waals surface area (Å²) in [6.45, 7) is 0.429. The van der Waals surface area contributed by atoms with Crippen molar-refractivity contribution in [2.45, 2.75) is 6.61 Å². The van der Waals surface area contributed by atoms with E-state index in [0.717, 1.165) is 15.6 Å². The lowest BCUT2D eigenvalue weighted by Gasteiger charge is -2.11. The minimum atomic E-state index is -0.445. The number of nitrogens with one attached hydrogen (secondary N) is 1. The van der Waals surface area contributed by atoms with Gasteiger partial charge in [-0.2, -0.15) is 5.10 Å². The van der Waals surface area contributed by atoms with Crippen LogP contribution >= 0.6 is 15.9 Å². The van der Waals surface area contributed by atoms with Crippen molar-refractivity contribution in [3.05, 3.63) is 92.4 Å². The fourth-order valence-electron chi connectivity index (χ4n) is 2.46. The van der Waals surface area contributed by atoms with Gasteiger partial charge in [0, 0.05) is 16.6 Å². The van der Waals surface area contributed by atoms with E-state index in [2.05, 4.69) is 26.5 Å². The minimum absolute atomic E-state index is 0.0305. The van der Waals surface area contributed by atoms with Gasteiger partial charge in [-0.3, -0.25) is 15.5 Å². The molecule has 0 fully saturated rings. The molecule has 0 bridgehead atoms. The van der Waals surface area contributed by atoms with Crippen molar-refractivity contribution in [3.63, 3.8) is 0 Å². The van der Waals surface area contributed by atoms with Crippen LogP contribution in [0.2, 0.25) is 0 Å². The molecule has 0 saturated carbocycles. The maximum atomic E-state index is 10.7. The topological polar surface area (TPSA) is 86.0 Å². The number of methoxy groups -OCH3 is 1. The zero-order valence-corrected chi connectivity index (χ0v) is 17.1. The Morgan fingerprint density at radius 1 is 1.07 bits per heavy atom. The van der Waals surface area contributed by atoms with E-state index in [4.69, 9.17) is 9.47 Å². The number of hydrogen-bond donors (Lipinski definition) is 1. The number of nitrogens with zero attached hydrogens (tertiary/aromatic N) is 2. The zero-order valence-electron chi connectivity index (χ0n) is 15.5. The van der Waals surface area contributed by atoms with Crippen LogP contribution in [0.4, 0.5) is 11.4 Å². The van der Waals surface area contributed by atoms with Crippen molar-refractivity contribution < 1.29 is 14.4 Å². The largest absolute Gasteiger partial charge is 0.493 e. The molecule has 0 heterocycles. The third kappa shape index (κ3) is 5.79. The maximum absolute atomic E-state index is 10.7. The number of rotatable bonds is 8. The molecule has 0 spiro atoms. The number of non-ortho nitro benzene ring substituents is 1. The van der Waals surface area contributed by atoms with Gasteiger partial charge in [-0.15, -0.1) is 0 Å². The van der Waals surface area contributed by atoms with E-state index >= 15 is 0 Å². The molecule has 0 saturated heterocycles. The van der Waals surface area contributed by atoms with E-state index in [1.54, 1.807) is 25.5 Å². The Morgan fingerprint density at radius 2 is 1.79 bits per heavy atom. The summed E-state index contributed by atoms with van der Waals surface area (Å²) in [6, 6.07) is 19.4. The number of halogens is 1. The van der Waals surface area contributed by atoms with Gasteiger partial charge < -0.3 is 9.47 Å². The first kappa shape index (κ1) is 20.3. The fourth-order valence-corrected chi connectivity index (χ4v) is 2.73. The normalized spacial score (nSPS) is 10.7. The molecule has 0 aromatic heterocycles. The van der Waals surface area contributed by atoms with Crippen LogP contribution in [-0.2, 0) is 6.61 Å². The second kappa shape index (κ2) is 9.70. The molecule has 0 unspecified atom stereocenters. The van der Waals surface area contributed by atoms with E-state index in [-0.39, 0.29) is 5.69 Å². The zero-order chi connectivity index (χ0) is 20.6. The summed E-state index contributed by atoms with van der Waals surface area (Å²) >= 11 is 3.41. The summed E-state index contributed by atoms with van der Waals surface area (Å²) in [6.07, 6.45) is 1.63. The second-order valence-corrected chi connectivity index (χ2v) is 6.92. The van der Waals surface area contributed by atoms with Crippen LogP contribution in [0.25, 0.3) is 0 Å². The van der Waals surface area contributed by atoms with Gasteiger partial charge in [0.05, 0.1) is 23.9 Å². The van der Waals surface area contributed by atoms with Crippen LogP contribution in [0.15, 0.2) is 76.3 Å². The number of nitro groups is 1. The van der Waals surface area contributed by atoms with Gasteiger partial charge in [-0.05, 0) is 53.6 Å². The van der Waals surface area contributed by atoms with Crippen LogP contribution in [0, 0.1) is 10.1 Å². The predicted molar refractivity (Wildman–Crippen MR) is 116 cm³/mol. The Hall–Kier alpha value is -3.39. The molecule has 0 aliphatic rings. The van der Waals surface area contributed by atoms with Crippen molar-refractivity contribution in [3.8, 4) is 11.5 Å². The molecule has 3 aromatic carbocycles. The highest BCUT2D eigenvalue weighted by Gasteiger charge is 2.06. The first-order valence-corrected chi connectivity index (χ1v) is 9.43. The van der Waals surface area contributed by atoms with Gasteiger partial charge in [-0.1, -0.05) is 28.1 Å². The van der Waals surface area contributed by atoms with Crippen LogP contribution in [0.1, 0.15) is 11.1 Å². The Bertz CT molecular complexity index is 1010. The number of anilines is 1. The number of hydrazone groups is 1. The third-order valence-electron chi connectivity index (χ3n) is 3.98. The van der Waals surface area contributed by atoms with Crippen LogP contribution in [0.3, 0.4) is 0 Å². The first-order chi connectivity index (χ1) is 14.0. The standard InChI is InChI=1S/C21H18BrN3O4/c1-28-21-12-16(13-23-24-18-7-9-19(10-8-18)25(26)27)4-11-20(21)29-14-15-2-5-17(22)6-3-15/h2-13,24H,14H2,1H3/b23-13-. The summed E-state index contributed by atoms with van der Waals surface area (Å²) in [5, 5.41) is 14.8. The highest BCUT2D eigenvalue weighted by Crippen LogP contribution is 2.28. The van der Waals surface area contributed by atoms with Crippen molar-refractivity contribution >= 4 is 33.5 Å². The number of hydrogen-bond acceptors (Lipinski definition) is 6. The molecular weight excluding hydrogens is 438 g/mol. The molecule has 29 heavy (non-hydrogen) atoms. The molecule has 148 valence electrons. The third-order valence-corrected chi connectivity index (χ3v) is 4.51. The van der Waals surface area contributed by atoms with Crippen molar-refractivity contribution in [2.75, 3.05) is 12.5 Å². The van der Waals surface area contributed by atoms with Crippen LogP contribution in [-0.4, -0.2) is 18.2 Å². The lowest BCUT2D eigenvalue weighted by molar-refractivity contribution is -0.384. The van der Waals surface area contributed by atoms with E-state index in [9.17, 15) is 10.1 Å². The Morgan fingerprint density at radius 3 is 2.45 bits per heavy atom. The smallest absolute Gasteiger partial charge is 0.269 e. The minimum Gasteiger partial charge on any atom is -0.493 e. The summed E-state index contributed by atoms with van der Waals surface area (Å²) in [5.74, 6) is 1.23. The molecule has 1 N–H and O–H groups in total. The van der Waals surface area contributed by atoms with Gasteiger partial charge >= 0.3 is 0 Å². The number of nitro benzene ring substituents is 1. The molecule has 3 aromatic rings. The molecule has 3 rings (SSSR count). The highest BCUT2D eigenvalue weighted by atomic mass is 79.9. The monoisotopic (exact) mass is 455 g/mol. The molecular formula is C21H18BrN3O4. The number of ether oxygens (including phenoxy) is 2. The molecule has 0 radical (unpaired) electrons. The summed E-state index contributed by atoms with van der Waals surface area (Å²) < 4.78 is 12.3. The fraction of sp³-hybridized carbons (Fsp3) is 0.0952. The van der Waals surface area contributed by atoms with Crippen molar-refractivity contribution in [1.82, 2.24) is 0 Å². The van der Waals surface area contributed by atoms with Crippen molar-refractivity contribution in [1.29, 1.82) is 0 Å². The highest BCUT2D eigenvalue weighted by molar-refractivity contribution is 9.10. The lowest BCUT2D eigenvalue weighted by Crippen LogP contribution is -1.98. The Kier molecular flexibility index (Phi) is 6.80. The first-order valence-electron chi connectivity index (χ1n) is 8.64.